The van der Waals surface area contributed by atoms with Crippen molar-refractivity contribution in [2.24, 2.45) is 0 Å². The molecule has 148 valence electrons. The summed E-state index contributed by atoms with van der Waals surface area (Å²) in [4.78, 5) is 23.8. The van der Waals surface area contributed by atoms with Crippen molar-refractivity contribution in [1.29, 1.82) is 0 Å². The first-order valence-corrected chi connectivity index (χ1v) is 9.57. The molecule has 0 heterocycles. The van der Waals surface area contributed by atoms with Gasteiger partial charge in [-0.1, -0.05) is 18.2 Å². The van der Waals surface area contributed by atoms with Crippen molar-refractivity contribution in [2.45, 2.75) is 32.6 Å². The minimum absolute atomic E-state index is 0.0482. The van der Waals surface area contributed by atoms with E-state index in [2.05, 4.69) is 5.32 Å². The highest BCUT2D eigenvalue weighted by molar-refractivity contribution is 5.92. The molecule has 0 aliphatic heterocycles. The van der Waals surface area contributed by atoms with Gasteiger partial charge in [0.25, 0.3) is 5.91 Å². The summed E-state index contributed by atoms with van der Waals surface area (Å²) < 4.78 is 16.1. The highest BCUT2D eigenvalue weighted by Gasteiger charge is 2.13. The monoisotopic (exact) mass is 383 g/mol. The van der Waals surface area contributed by atoms with E-state index in [9.17, 15) is 9.59 Å². The van der Waals surface area contributed by atoms with Crippen LogP contribution in [0.15, 0.2) is 42.5 Å². The zero-order valence-electron chi connectivity index (χ0n) is 16.0. The van der Waals surface area contributed by atoms with Gasteiger partial charge >= 0.3 is 5.97 Å². The second kappa shape index (κ2) is 9.78. The largest absolute Gasteiger partial charge is 0.490 e. The van der Waals surface area contributed by atoms with E-state index in [1.165, 1.54) is 11.1 Å². The van der Waals surface area contributed by atoms with E-state index in [1.807, 2.05) is 37.3 Å². The number of esters is 1. The standard InChI is InChI=1S/C22H25NO5/c1-2-26-19-8-3-4-9-20(19)27-13-12-22(25)28-15-21(24)23-18-11-10-16-6-5-7-17(16)14-18/h3-4,8-11,14H,2,5-7,12-13,15H2,1H3,(H,23,24). The molecule has 0 aromatic heterocycles. The Morgan fingerprint density at radius 1 is 1.00 bits per heavy atom. The predicted octanol–water partition coefficient (Wildman–Crippen LogP) is 3.52. The molecule has 0 radical (unpaired) electrons. The highest BCUT2D eigenvalue weighted by Crippen LogP contribution is 2.26. The number of benzene rings is 2. The van der Waals surface area contributed by atoms with Crippen molar-refractivity contribution >= 4 is 17.6 Å². The third-order valence-corrected chi connectivity index (χ3v) is 4.46. The number of aryl methyl sites for hydroxylation is 2. The zero-order chi connectivity index (χ0) is 19.8. The Balaban J connectivity index is 1.38. The fraction of sp³-hybridized carbons (Fsp3) is 0.364. The molecule has 1 N–H and O–H groups in total. The lowest BCUT2D eigenvalue weighted by Gasteiger charge is -2.11. The van der Waals surface area contributed by atoms with Gasteiger partial charge in [-0.05, 0) is 61.6 Å². The molecule has 6 nitrogen and oxygen atoms in total. The van der Waals surface area contributed by atoms with Gasteiger partial charge in [0.15, 0.2) is 18.1 Å². The van der Waals surface area contributed by atoms with Gasteiger partial charge in [-0.15, -0.1) is 0 Å². The maximum absolute atomic E-state index is 12.0. The lowest BCUT2D eigenvalue weighted by atomic mass is 10.1. The number of anilines is 1. The van der Waals surface area contributed by atoms with Crippen molar-refractivity contribution in [3.8, 4) is 11.5 Å². The van der Waals surface area contributed by atoms with Crippen LogP contribution in [0.2, 0.25) is 0 Å². The Kier molecular flexibility index (Phi) is 6.89. The van der Waals surface area contributed by atoms with Crippen LogP contribution in [0.4, 0.5) is 5.69 Å². The molecule has 2 aromatic rings. The predicted molar refractivity (Wildman–Crippen MR) is 106 cm³/mol. The van der Waals surface area contributed by atoms with Crippen LogP contribution in [-0.2, 0) is 27.2 Å². The smallest absolute Gasteiger partial charge is 0.309 e. The van der Waals surface area contributed by atoms with Gasteiger partial charge in [-0.25, -0.2) is 0 Å². The molecule has 1 aliphatic rings. The fourth-order valence-corrected chi connectivity index (χ4v) is 3.15. The Hall–Kier alpha value is -3.02. The molecular weight excluding hydrogens is 358 g/mol. The number of carbonyl (C=O) groups excluding carboxylic acids is 2. The van der Waals surface area contributed by atoms with E-state index < -0.39 is 5.97 Å². The molecule has 0 saturated carbocycles. The van der Waals surface area contributed by atoms with Crippen LogP contribution < -0.4 is 14.8 Å². The van der Waals surface area contributed by atoms with E-state index in [0.717, 1.165) is 24.9 Å². The molecule has 1 aliphatic carbocycles. The molecule has 0 saturated heterocycles. The highest BCUT2D eigenvalue weighted by atomic mass is 16.5. The van der Waals surface area contributed by atoms with Crippen LogP contribution in [0, 0.1) is 0 Å². The number of hydrogen-bond donors (Lipinski definition) is 1. The summed E-state index contributed by atoms with van der Waals surface area (Å²) in [5.74, 6) is 0.366. The van der Waals surface area contributed by atoms with Crippen LogP contribution in [-0.4, -0.2) is 31.7 Å². The average Bonchev–Trinajstić information content (AvgIpc) is 3.16. The minimum atomic E-state index is -0.488. The van der Waals surface area contributed by atoms with Gasteiger partial charge in [-0.3, -0.25) is 9.59 Å². The Morgan fingerprint density at radius 3 is 2.54 bits per heavy atom. The molecule has 0 bridgehead atoms. The SMILES string of the molecule is CCOc1ccccc1OCCC(=O)OCC(=O)Nc1ccc2c(c1)CCC2. The molecule has 0 atom stereocenters. The summed E-state index contributed by atoms with van der Waals surface area (Å²) in [7, 11) is 0. The quantitative estimate of drug-likeness (QED) is 0.671. The molecule has 2 aromatic carbocycles. The van der Waals surface area contributed by atoms with E-state index in [4.69, 9.17) is 14.2 Å². The molecular formula is C22H25NO5. The first kappa shape index (κ1) is 19.7. The summed E-state index contributed by atoms with van der Waals surface area (Å²) in [6, 6.07) is 13.2. The van der Waals surface area contributed by atoms with E-state index in [1.54, 1.807) is 12.1 Å². The maximum Gasteiger partial charge on any atom is 0.309 e. The topological polar surface area (TPSA) is 73.9 Å². The van der Waals surface area contributed by atoms with Crippen molar-refractivity contribution in [1.82, 2.24) is 0 Å². The van der Waals surface area contributed by atoms with Gasteiger partial charge in [0.05, 0.1) is 19.6 Å². The molecule has 1 amide bonds. The molecule has 0 unspecified atom stereocenters. The number of fused-ring (bicyclic) bond motifs is 1. The minimum Gasteiger partial charge on any atom is -0.490 e. The number of hydrogen-bond acceptors (Lipinski definition) is 5. The first-order valence-electron chi connectivity index (χ1n) is 9.57. The van der Waals surface area contributed by atoms with Gasteiger partial charge in [0.1, 0.15) is 0 Å². The number of ether oxygens (including phenoxy) is 3. The van der Waals surface area contributed by atoms with Crippen molar-refractivity contribution in [3.63, 3.8) is 0 Å². The normalized spacial score (nSPS) is 12.2. The summed E-state index contributed by atoms with van der Waals surface area (Å²) in [6.07, 6.45) is 3.34. The zero-order valence-corrected chi connectivity index (χ0v) is 16.0. The van der Waals surface area contributed by atoms with Gasteiger partial charge in [0, 0.05) is 5.69 Å². The lowest BCUT2D eigenvalue weighted by Crippen LogP contribution is -2.21. The number of nitrogens with one attached hydrogen (secondary N) is 1. The van der Waals surface area contributed by atoms with Crippen LogP contribution in [0.1, 0.15) is 30.9 Å². The summed E-state index contributed by atoms with van der Waals surface area (Å²) in [5.41, 5.74) is 3.35. The van der Waals surface area contributed by atoms with Gasteiger partial charge in [-0.2, -0.15) is 0 Å². The average molecular weight is 383 g/mol. The van der Waals surface area contributed by atoms with Crippen molar-refractivity contribution in [3.05, 3.63) is 53.6 Å². The van der Waals surface area contributed by atoms with E-state index in [-0.39, 0.29) is 25.5 Å². The van der Waals surface area contributed by atoms with Crippen molar-refractivity contribution < 1.29 is 23.8 Å². The van der Waals surface area contributed by atoms with Crippen LogP contribution in [0.25, 0.3) is 0 Å². The maximum atomic E-state index is 12.0. The lowest BCUT2D eigenvalue weighted by molar-refractivity contribution is -0.147. The molecule has 6 heteroatoms. The van der Waals surface area contributed by atoms with Gasteiger partial charge in [0.2, 0.25) is 0 Å². The molecule has 3 rings (SSSR count). The second-order valence-corrected chi connectivity index (χ2v) is 6.52. The Labute approximate surface area is 164 Å². The molecule has 28 heavy (non-hydrogen) atoms. The number of para-hydroxylation sites is 2. The van der Waals surface area contributed by atoms with Crippen LogP contribution >= 0.6 is 0 Å². The summed E-state index contributed by atoms with van der Waals surface area (Å²) >= 11 is 0. The Bertz CT molecular complexity index is 833. The van der Waals surface area contributed by atoms with Crippen LogP contribution in [0.5, 0.6) is 11.5 Å². The third kappa shape index (κ3) is 5.49. The molecule has 0 fully saturated rings. The Morgan fingerprint density at radius 2 is 1.75 bits per heavy atom. The van der Waals surface area contributed by atoms with E-state index in [0.29, 0.717) is 18.1 Å². The third-order valence-electron chi connectivity index (χ3n) is 4.46. The fourth-order valence-electron chi connectivity index (χ4n) is 3.15. The molecule has 0 spiro atoms. The second-order valence-electron chi connectivity index (χ2n) is 6.52. The number of amides is 1. The van der Waals surface area contributed by atoms with Gasteiger partial charge < -0.3 is 19.5 Å². The summed E-state index contributed by atoms with van der Waals surface area (Å²) in [6.45, 7) is 2.25. The number of rotatable bonds is 9. The first-order chi connectivity index (χ1) is 13.7. The number of carbonyl (C=O) groups is 2. The summed E-state index contributed by atoms with van der Waals surface area (Å²) in [5, 5.41) is 2.77. The van der Waals surface area contributed by atoms with Crippen LogP contribution in [0.3, 0.4) is 0 Å². The van der Waals surface area contributed by atoms with Crippen molar-refractivity contribution in [2.75, 3.05) is 25.1 Å². The van der Waals surface area contributed by atoms with E-state index >= 15 is 0 Å².